The fraction of sp³-hybridized carbons (Fsp3) is 0.565. The predicted molar refractivity (Wildman–Crippen MR) is 205 cm³/mol. The zero-order valence-corrected chi connectivity index (χ0v) is 35.5. The number of anilines is 2. The highest BCUT2D eigenvalue weighted by atomic mass is 35.5. The highest BCUT2D eigenvalue weighted by molar-refractivity contribution is 8.09. The first-order chi connectivity index (χ1) is 26.6. The van der Waals surface area contributed by atoms with E-state index in [4.69, 9.17) is 59.5 Å². The number of nitrogen functional groups attached to an aromatic ring is 1. The average molecular weight is 961 g/mol. The van der Waals surface area contributed by atoms with E-state index in [1.807, 2.05) is 0 Å². The molecule has 13 atom stereocenters. The lowest BCUT2D eigenvalue weighted by Crippen LogP contribution is -2.33. The molecule has 0 aromatic carbocycles. The van der Waals surface area contributed by atoms with Gasteiger partial charge in [0.25, 0.3) is 0 Å². The Morgan fingerprint density at radius 3 is 1.82 bits per heavy atom. The summed E-state index contributed by atoms with van der Waals surface area (Å²) in [6.45, 7) is -11.5. The monoisotopic (exact) mass is 960 g/mol. The summed E-state index contributed by atoms with van der Waals surface area (Å²) in [5, 5.41) is 45.9. The quantitative estimate of drug-likeness (QED) is 0.0297. The van der Waals surface area contributed by atoms with Gasteiger partial charge in [0.2, 0.25) is 4.86 Å². The van der Waals surface area contributed by atoms with Gasteiger partial charge in [0, 0.05) is 7.05 Å². The maximum atomic E-state index is 13.0. The van der Waals surface area contributed by atoms with Crippen molar-refractivity contribution in [2.75, 3.05) is 37.6 Å². The van der Waals surface area contributed by atoms with Crippen molar-refractivity contribution >= 4 is 110 Å². The summed E-state index contributed by atoms with van der Waals surface area (Å²) >= 11 is 16.6. The number of rotatable bonds is 16. The van der Waals surface area contributed by atoms with E-state index < -0.39 is 95.8 Å². The normalized spacial score (nSPS) is 30.2. The van der Waals surface area contributed by atoms with Gasteiger partial charge in [-0.15, -0.1) is 0 Å². The number of imidazole rings is 2. The zero-order chi connectivity index (χ0) is 41.8. The van der Waals surface area contributed by atoms with E-state index in [9.17, 15) is 49.1 Å². The first kappa shape index (κ1) is 45.1. The van der Waals surface area contributed by atoms with Crippen LogP contribution in [0.1, 0.15) is 12.5 Å². The maximum absolute atomic E-state index is 13.0. The Morgan fingerprint density at radius 1 is 0.842 bits per heavy atom. The summed E-state index contributed by atoms with van der Waals surface area (Å²) in [6.07, 6.45) is -6.74. The summed E-state index contributed by atoms with van der Waals surface area (Å²) in [4.78, 5) is 63.9. The molecule has 0 radical (unpaired) electrons. The first-order valence-corrected chi connectivity index (χ1v) is 25.8. The van der Waals surface area contributed by atoms with Gasteiger partial charge in [-0.25, -0.2) is 38.5 Å². The SMILES string of the molecule is CNc1nc(SC)nc2c1ncn2[C@@H]1O[C@H](COP(O)(=S)OP(=O)(O)C(Cl)P(=O)(O)OP(O)(=S)OC[C@H]2O[C@@H](n3cnc4c(N)ncnc43)[C@H](O)[C@@H]2O)[C@@H](O)[C@H]1O. The maximum Gasteiger partial charge on any atom is 0.365 e. The van der Waals surface area contributed by atoms with Crippen molar-refractivity contribution < 1.29 is 76.3 Å². The van der Waals surface area contributed by atoms with Crippen molar-refractivity contribution in [2.45, 2.75) is 59.1 Å². The molecule has 34 heteroatoms. The summed E-state index contributed by atoms with van der Waals surface area (Å²) in [5.41, 5.74) is 6.64. The van der Waals surface area contributed by atoms with Crippen LogP contribution < -0.4 is 11.1 Å². The number of alkyl halides is 1. The number of aromatic nitrogens is 8. The number of aliphatic hydroxyl groups excluding tert-OH is 4. The number of aliphatic hydroxyl groups is 4. The van der Waals surface area contributed by atoms with Crippen LogP contribution in [0.15, 0.2) is 24.1 Å². The van der Waals surface area contributed by atoms with Crippen LogP contribution >= 0.6 is 52.0 Å². The fourth-order valence-electron chi connectivity index (χ4n) is 5.54. The van der Waals surface area contributed by atoms with Gasteiger partial charge in [-0.3, -0.25) is 18.3 Å². The smallest absolute Gasteiger partial charge is 0.365 e. The first-order valence-electron chi connectivity index (χ1n) is 15.7. The number of thioether (sulfide) groups is 1. The third-order valence-corrected chi connectivity index (χ3v) is 19.4. The van der Waals surface area contributed by atoms with Gasteiger partial charge in [-0.2, -0.15) is 0 Å². The predicted octanol–water partition coefficient (Wildman–Crippen LogP) is -0.356. The molecule has 11 N–H and O–H groups in total. The largest absolute Gasteiger partial charge is 0.387 e. The highest BCUT2D eigenvalue weighted by Crippen LogP contribution is 2.76. The van der Waals surface area contributed by atoms with Crippen LogP contribution in [-0.4, -0.2) is 147 Å². The molecule has 0 amide bonds. The highest BCUT2D eigenvalue weighted by Gasteiger charge is 2.53. The third kappa shape index (κ3) is 9.40. The van der Waals surface area contributed by atoms with Crippen molar-refractivity contribution in [3.05, 3.63) is 19.0 Å². The Kier molecular flexibility index (Phi) is 13.5. The molecule has 316 valence electrons. The lowest BCUT2D eigenvalue weighted by molar-refractivity contribution is -0.0486. The molecule has 57 heavy (non-hydrogen) atoms. The van der Waals surface area contributed by atoms with Crippen molar-refractivity contribution in [2.24, 2.45) is 0 Å². The van der Waals surface area contributed by atoms with Gasteiger partial charge < -0.3 is 69.6 Å². The molecular formula is C23H33ClN10O16P4S3. The molecule has 2 fully saturated rings. The van der Waals surface area contributed by atoms with Crippen LogP contribution in [0.3, 0.4) is 0 Å². The molecule has 2 aliphatic rings. The Balaban J connectivity index is 1.04. The molecule has 0 aliphatic carbocycles. The summed E-state index contributed by atoms with van der Waals surface area (Å²) < 4.78 is 59.3. The van der Waals surface area contributed by atoms with E-state index in [0.29, 0.717) is 16.5 Å². The van der Waals surface area contributed by atoms with Crippen molar-refractivity contribution in [3.8, 4) is 0 Å². The number of nitrogens with two attached hydrogens (primary N) is 1. The van der Waals surface area contributed by atoms with E-state index in [0.717, 1.165) is 6.33 Å². The van der Waals surface area contributed by atoms with E-state index >= 15 is 0 Å². The minimum absolute atomic E-state index is 0.0268. The van der Waals surface area contributed by atoms with Crippen LogP contribution in [0.4, 0.5) is 11.6 Å². The number of halogens is 1. The lowest BCUT2D eigenvalue weighted by atomic mass is 10.1. The summed E-state index contributed by atoms with van der Waals surface area (Å²) in [6, 6.07) is 0. The number of ether oxygens (including phenoxy) is 2. The number of hydrogen-bond donors (Lipinski definition) is 10. The molecule has 0 saturated carbocycles. The molecule has 4 aromatic rings. The van der Waals surface area contributed by atoms with Gasteiger partial charge in [0.05, 0.1) is 25.9 Å². The lowest BCUT2D eigenvalue weighted by Gasteiger charge is -2.27. The molecule has 0 bridgehead atoms. The van der Waals surface area contributed by atoms with E-state index in [2.05, 4.69) is 43.8 Å². The van der Waals surface area contributed by atoms with Crippen LogP contribution in [0.2, 0.25) is 0 Å². The summed E-state index contributed by atoms with van der Waals surface area (Å²) in [5.74, 6) is 0.403. The molecule has 2 saturated heterocycles. The fourth-order valence-corrected chi connectivity index (χ4v) is 14.9. The summed E-state index contributed by atoms with van der Waals surface area (Å²) in [7, 11) is -9.83. The standard InChI is InChI=1S/C23H33ClN10O16P4S3/c1-26-17-11-19(32-23(31-17)57-2)34(7-30-11)21-15(38)13(36)9(48-21)4-46-54(44,56)50-52(41,42)22(24)51(39,40)49-53(43,55)45-3-8-12(35)14(37)20(47-8)33-6-29-10-16(25)27-5-28-18(10)33/h5-9,12-15,20-22,35-38H,3-4H2,1-2H3,(H,39,40)(H,41,42)(H,43,55)(H,44,56)(H2,25,27,28)(H,26,31,32)/t8-,9-,12-,13-,14-,15-,20-,21-,22?,53?,54?/m1/s1. The van der Waals surface area contributed by atoms with Crippen LogP contribution in [-0.2, 0) is 59.9 Å². The van der Waals surface area contributed by atoms with E-state index in [1.165, 1.54) is 33.6 Å². The number of hydrogen-bond acceptors (Lipinski definition) is 23. The van der Waals surface area contributed by atoms with Crippen LogP contribution in [0.5, 0.6) is 0 Å². The molecule has 6 rings (SSSR count). The van der Waals surface area contributed by atoms with Crippen molar-refractivity contribution in [3.63, 3.8) is 0 Å². The second-order valence-electron chi connectivity index (χ2n) is 11.9. The van der Waals surface area contributed by atoms with E-state index in [-0.39, 0.29) is 22.6 Å². The van der Waals surface area contributed by atoms with Crippen molar-refractivity contribution in [1.29, 1.82) is 0 Å². The van der Waals surface area contributed by atoms with E-state index in [1.54, 1.807) is 13.3 Å². The Labute approximate surface area is 339 Å². The minimum atomic E-state index is -5.72. The van der Waals surface area contributed by atoms with Gasteiger partial charge in [0.15, 0.2) is 46.1 Å². The molecule has 0 spiro atoms. The Bertz CT molecular complexity index is 2340. The van der Waals surface area contributed by atoms with Gasteiger partial charge in [-0.1, -0.05) is 23.4 Å². The molecule has 26 nitrogen and oxygen atoms in total. The number of nitrogens with zero attached hydrogens (tertiary/aromatic N) is 8. The van der Waals surface area contributed by atoms with Gasteiger partial charge in [-0.05, 0) is 29.9 Å². The average Bonchev–Trinajstić information content (AvgIpc) is 3.90. The number of nitrogens with one attached hydrogen (secondary N) is 1. The third-order valence-electron chi connectivity index (χ3n) is 8.21. The van der Waals surface area contributed by atoms with Gasteiger partial charge >= 0.3 is 28.6 Å². The molecule has 2 aliphatic heterocycles. The number of fused-ring (bicyclic) bond motifs is 2. The molecule has 6 heterocycles. The topological polar surface area (TPSA) is 377 Å². The molecule has 5 unspecified atom stereocenters. The molecule has 4 aromatic heterocycles. The second-order valence-corrected chi connectivity index (χ2v) is 23.9. The Hall–Kier alpha value is -1.46. The Morgan fingerprint density at radius 2 is 1.33 bits per heavy atom. The minimum Gasteiger partial charge on any atom is -0.387 e. The zero-order valence-electron chi connectivity index (χ0n) is 28.7. The van der Waals surface area contributed by atoms with Crippen LogP contribution in [0, 0.1) is 0 Å². The molecular weight excluding hydrogens is 928 g/mol. The van der Waals surface area contributed by atoms with Gasteiger partial charge in [0.1, 0.15) is 48.5 Å². The van der Waals surface area contributed by atoms with Crippen molar-refractivity contribution in [1.82, 2.24) is 39.0 Å². The second kappa shape index (κ2) is 17.1. The van der Waals surface area contributed by atoms with Crippen LogP contribution in [0.25, 0.3) is 22.3 Å².